The van der Waals surface area contributed by atoms with E-state index in [1.54, 1.807) is 13.2 Å². The van der Waals surface area contributed by atoms with Crippen LogP contribution in [0.5, 0.6) is 0 Å². The first kappa shape index (κ1) is 25.0. The third-order valence-corrected chi connectivity index (χ3v) is 8.15. The highest BCUT2D eigenvalue weighted by atomic mass is 32.2. The molecule has 0 radical (unpaired) electrons. The summed E-state index contributed by atoms with van der Waals surface area (Å²) in [6, 6.07) is 18.2. The molecular formula is C27H33N7O2S. The number of fused-ring (bicyclic) bond motifs is 1. The predicted molar refractivity (Wildman–Crippen MR) is 150 cm³/mol. The molecule has 1 aliphatic heterocycles. The minimum Gasteiger partial charge on any atom is -0.369 e. The van der Waals surface area contributed by atoms with Crippen molar-refractivity contribution in [1.29, 1.82) is 0 Å². The van der Waals surface area contributed by atoms with E-state index in [9.17, 15) is 8.42 Å². The Morgan fingerprint density at radius 3 is 2.62 bits per heavy atom. The van der Waals surface area contributed by atoms with Gasteiger partial charge in [-0.15, -0.1) is 0 Å². The Kier molecular flexibility index (Phi) is 6.78. The number of anilines is 4. The summed E-state index contributed by atoms with van der Waals surface area (Å²) in [4.78, 5) is 11.7. The van der Waals surface area contributed by atoms with E-state index in [-0.39, 0.29) is 6.04 Å². The van der Waals surface area contributed by atoms with Gasteiger partial charge in [0.2, 0.25) is 16.0 Å². The van der Waals surface area contributed by atoms with Gasteiger partial charge in [-0.25, -0.2) is 13.4 Å². The fraction of sp³-hybridized carbons (Fsp3) is 0.333. The molecule has 0 amide bonds. The lowest BCUT2D eigenvalue weighted by molar-refractivity contribution is 0.485. The lowest BCUT2D eigenvalue weighted by Gasteiger charge is -2.33. The van der Waals surface area contributed by atoms with Gasteiger partial charge in [-0.1, -0.05) is 18.2 Å². The van der Waals surface area contributed by atoms with Crippen LogP contribution in [0.25, 0.3) is 11.0 Å². The van der Waals surface area contributed by atoms with E-state index in [4.69, 9.17) is 4.98 Å². The monoisotopic (exact) mass is 519 g/mol. The van der Waals surface area contributed by atoms with Crippen molar-refractivity contribution in [3.8, 4) is 0 Å². The highest BCUT2D eigenvalue weighted by molar-refractivity contribution is 7.92. The second-order valence-electron chi connectivity index (χ2n) is 9.63. The summed E-state index contributed by atoms with van der Waals surface area (Å²) in [7, 11) is -1.82. The molecule has 4 aromatic rings. The smallest absolute Gasteiger partial charge is 0.232 e. The van der Waals surface area contributed by atoms with Gasteiger partial charge in [0, 0.05) is 61.9 Å². The molecule has 0 aliphatic carbocycles. The molecule has 0 bridgehead atoms. The Labute approximate surface area is 218 Å². The first-order chi connectivity index (χ1) is 17.7. The van der Waals surface area contributed by atoms with Crippen molar-refractivity contribution in [1.82, 2.24) is 19.9 Å². The predicted octanol–water partition coefficient (Wildman–Crippen LogP) is 3.98. The van der Waals surface area contributed by atoms with Crippen LogP contribution in [0.15, 0.2) is 67.0 Å². The third-order valence-electron chi connectivity index (χ3n) is 6.95. The van der Waals surface area contributed by atoms with Gasteiger partial charge in [0.25, 0.3) is 0 Å². The summed E-state index contributed by atoms with van der Waals surface area (Å²) in [6.07, 6.45) is 4.98. The number of rotatable bonds is 7. The number of para-hydroxylation sites is 1. The van der Waals surface area contributed by atoms with Gasteiger partial charge >= 0.3 is 0 Å². The molecule has 1 aliphatic rings. The number of nitrogens with zero attached hydrogens (tertiary/aromatic N) is 5. The second-order valence-corrected chi connectivity index (χ2v) is 11.6. The average molecular weight is 520 g/mol. The van der Waals surface area contributed by atoms with Crippen molar-refractivity contribution in [2.24, 2.45) is 0 Å². The molecule has 2 aromatic carbocycles. The summed E-state index contributed by atoms with van der Waals surface area (Å²) in [5.41, 5.74) is 4.42. The highest BCUT2D eigenvalue weighted by Crippen LogP contribution is 2.32. The number of hydrogen-bond acceptors (Lipinski definition) is 7. The van der Waals surface area contributed by atoms with Crippen LogP contribution in [0.3, 0.4) is 0 Å². The minimum atomic E-state index is -3.40. The van der Waals surface area contributed by atoms with Gasteiger partial charge in [0.1, 0.15) is 5.65 Å². The van der Waals surface area contributed by atoms with Crippen molar-refractivity contribution in [2.45, 2.75) is 25.9 Å². The van der Waals surface area contributed by atoms with E-state index in [1.807, 2.05) is 48.0 Å². The number of hydrogen-bond donors (Lipinski definition) is 2. The molecule has 2 N–H and O–H groups in total. The summed E-state index contributed by atoms with van der Waals surface area (Å²) in [5, 5.41) is 7.71. The zero-order valence-electron chi connectivity index (χ0n) is 21.6. The molecule has 5 rings (SSSR count). The molecule has 0 saturated carbocycles. The molecular weight excluding hydrogens is 486 g/mol. The molecule has 194 valence electrons. The van der Waals surface area contributed by atoms with Crippen molar-refractivity contribution in [3.63, 3.8) is 0 Å². The van der Waals surface area contributed by atoms with E-state index in [1.165, 1.54) is 16.2 Å². The van der Waals surface area contributed by atoms with E-state index in [0.717, 1.165) is 41.9 Å². The number of benzene rings is 2. The number of aromatic nitrogens is 3. The third kappa shape index (κ3) is 5.26. The average Bonchev–Trinajstić information content (AvgIpc) is 3.31. The summed E-state index contributed by atoms with van der Waals surface area (Å²) in [5.74, 6) is 0.504. The zero-order valence-corrected chi connectivity index (χ0v) is 22.4. The number of nitrogens with one attached hydrogen (secondary N) is 2. The van der Waals surface area contributed by atoms with Crippen LogP contribution in [-0.2, 0) is 10.0 Å². The Hall–Kier alpha value is -3.63. The van der Waals surface area contributed by atoms with Gasteiger partial charge in [0.15, 0.2) is 0 Å². The van der Waals surface area contributed by atoms with E-state index >= 15 is 0 Å². The Morgan fingerprint density at radius 2 is 1.89 bits per heavy atom. The maximum atomic E-state index is 12.2. The van der Waals surface area contributed by atoms with Crippen LogP contribution in [0.1, 0.15) is 25.5 Å². The van der Waals surface area contributed by atoms with Crippen LogP contribution < -0.4 is 19.8 Å². The van der Waals surface area contributed by atoms with Crippen LogP contribution in [0, 0.1) is 0 Å². The normalized spacial score (nSPS) is 17.1. The zero-order chi connectivity index (χ0) is 26.2. The van der Waals surface area contributed by atoms with E-state index < -0.39 is 10.0 Å². The molecule has 9 nitrogen and oxygen atoms in total. The minimum absolute atomic E-state index is 0.152. The van der Waals surface area contributed by atoms with Gasteiger partial charge in [0.05, 0.1) is 18.0 Å². The lowest BCUT2D eigenvalue weighted by atomic mass is 10.1. The Bertz CT molecular complexity index is 1500. The van der Waals surface area contributed by atoms with Gasteiger partial charge in [-0.3, -0.25) is 4.31 Å². The first-order valence-corrected chi connectivity index (χ1v) is 14.3. The maximum absolute atomic E-state index is 12.2. The van der Waals surface area contributed by atoms with E-state index in [0.29, 0.717) is 17.7 Å². The number of piperazine rings is 1. The van der Waals surface area contributed by atoms with E-state index in [2.05, 4.69) is 51.7 Å². The van der Waals surface area contributed by atoms with Crippen molar-refractivity contribution < 1.29 is 8.42 Å². The molecule has 3 heterocycles. The van der Waals surface area contributed by atoms with Crippen molar-refractivity contribution in [2.75, 3.05) is 47.5 Å². The quantitative estimate of drug-likeness (QED) is 0.381. The standard InChI is InChI=1S/C27H33N7O2S/c1-19-18-33(16-14-28-19)23-11-9-22(10-12-23)30-27-29-17-21-13-15-34(26(21)31-27)20(2)24-7-5-6-8-25(24)32(3)37(4,35)36/h5-13,15,17,19-20,28H,14,16,18H2,1-4H3,(H,29,30,31)/t19-,20?/m1/s1. The van der Waals surface area contributed by atoms with Gasteiger partial charge in [-0.2, -0.15) is 4.98 Å². The largest absolute Gasteiger partial charge is 0.369 e. The first-order valence-electron chi connectivity index (χ1n) is 12.4. The lowest BCUT2D eigenvalue weighted by Crippen LogP contribution is -2.49. The molecule has 1 unspecified atom stereocenters. The molecule has 1 fully saturated rings. The number of sulfonamides is 1. The van der Waals surface area contributed by atoms with Gasteiger partial charge < -0.3 is 20.1 Å². The molecule has 37 heavy (non-hydrogen) atoms. The fourth-order valence-corrected chi connectivity index (χ4v) is 5.34. The van der Waals surface area contributed by atoms with Crippen LogP contribution in [0.2, 0.25) is 0 Å². The Balaban J connectivity index is 1.40. The fourth-order valence-electron chi connectivity index (χ4n) is 4.82. The highest BCUT2D eigenvalue weighted by Gasteiger charge is 2.21. The topological polar surface area (TPSA) is 95.4 Å². The van der Waals surface area contributed by atoms with Crippen LogP contribution >= 0.6 is 0 Å². The molecule has 1 saturated heterocycles. The van der Waals surface area contributed by atoms with Crippen molar-refractivity contribution >= 4 is 44.1 Å². The second kappa shape index (κ2) is 10.0. The maximum Gasteiger partial charge on any atom is 0.232 e. The van der Waals surface area contributed by atoms with Crippen molar-refractivity contribution in [3.05, 3.63) is 72.6 Å². The SMILES string of the molecule is CC(c1ccccc1N(C)S(C)(=O)=O)n1ccc2cnc(Nc3ccc(N4CCN[C@H](C)C4)cc3)nc21. The molecule has 2 atom stereocenters. The molecule has 0 spiro atoms. The van der Waals surface area contributed by atoms with Gasteiger partial charge in [-0.05, 0) is 55.8 Å². The van der Waals surface area contributed by atoms with Crippen LogP contribution in [0.4, 0.5) is 23.0 Å². The molecule has 2 aromatic heterocycles. The summed E-state index contributed by atoms with van der Waals surface area (Å²) in [6.45, 7) is 7.22. The molecule has 10 heteroatoms. The Morgan fingerprint density at radius 1 is 1.14 bits per heavy atom. The summed E-state index contributed by atoms with van der Waals surface area (Å²) >= 11 is 0. The summed E-state index contributed by atoms with van der Waals surface area (Å²) < 4.78 is 27.8. The van der Waals surface area contributed by atoms with Crippen LogP contribution in [-0.4, -0.2) is 61.9 Å².